The first-order valence-electron chi connectivity index (χ1n) is 10.7. The maximum atomic E-state index is 12.0. The number of hydrogen-bond donors (Lipinski definition) is 0. The predicted molar refractivity (Wildman–Crippen MR) is 106 cm³/mol. The molecular formula is C23H34N2O. The number of aryl methyl sites for hydroxylation is 1. The minimum absolute atomic E-state index is 0.360. The van der Waals surface area contributed by atoms with Gasteiger partial charge in [-0.3, -0.25) is 4.79 Å². The number of rotatable bonds is 5. The van der Waals surface area contributed by atoms with Gasteiger partial charge in [0.1, 0.15) is 0 Å². The van der Waals surface area contributed by atoms with Gasteiger partial charge in [0.2, 0.25) is 5.91 Å². The van der Waals surface area contributed by atoms with Gasteiger partial charge in [-0.25, -0.2) is 0 Å². The second kappa shape index (κ2) is 7.72. The van der Waals surface area contributed by atoms with E-state index >= 15 is 0 Å². The molecule has 3 aliphatic rings. The van der Waals surface area contributed by atoms with Crippen LogP contribution in [0.1, 0.15) is 62.5 Å². The fraction of sp³-hybridized carbons (Fsp3) is 0.696. The van der Waals surface area contributed by atoms with Gasteiger partial charge in [-0.1, -0.05) is 42.7 Å². The summed E-state index contributed by atoms with van der Waals surface area (Å²) in [6, 6.07) is 9.33. The normalized spacial score (nSPS) is 26.6. The summed E-state index contributed by atoms with van der Waals surface area (Å²) in [5.41, 5.74) is 3.27. The first-order chi connectivity index (χ1) is 12.6. The van der Waals surface area contributed by atoms with Crippen molar-refractivity contribution in [1.82, 2.24) is 9.80 Å². The zero-order chi connectivity index (χ0) is 18.0. The SMILES string of the molecule is Cc1ccc(C2(CN3CCC[C@@H](CN4CCCC4=O)C3)CCCC2)cc1. The Bertz CT molecular complexity index is 618. The molecule has 3 fully saturated rings. The number of nitrogens with zero attached hydrogens (tertiary/aromatic N) is 2. The molecule has 0 aromatic heterocycles. The van der Waals surface area contributed by atoms with Gasteiger partial charge in [0, 0.05) is 38.0 Å². The summed E-state index contributed by atoms with van der Waals surface area (Å²) in [6.45, 7) is 7.78. The highest BCUT2D eigenvalue weighted by Crippen LogP contribution is 2.42. The topological polar surface area (TPSA) is 23.6 Å². The fourth-order valence-electron chi connectivity index (χ4n) is 5.58. The minimum atomic E-state index is 0.360. The van der Waals surface area contributed by atoms with E-state index in [-0.39, 0.29) is 0 Å². The van der Waals surface area contributed by atoms with Gasteiger partial charge in [-0.15, -0.1) is 0 Å². The van der Waals surface area contributed by atoms with Crippen molar-refractivity contribution in [2.45, 2.75) is 63.7 Å². The molecule has 2 heterocycles. The Hall–Kier alpha value is -1.35. The molecule has 0 N–H and O–H groups in total. The van der Waals surface area contributed by atoms with Crippen molar-refractivity contribution in [3.8, 4) is 0 Å². The van der Waals surface area contributed by atoms with Crippen LogP contribution < -0.4 is 0 Å². The van der Waals surface area contributed by atoms with Crippen LogP contribution in [0.2, 0.25) is 0 Å². The largest absolute Gasteiger partial charge is 0.342 e. The standard InChI is InChI=1S/C23H34N2O/c1-19-8-10-21(11-9-19)23(12-2-3-13-23)18-24-14-4-6-20(16-24)17-25-15-5-7-22(25)26/h8-11,20H,2-7,12-18H2,1H3/t20-/m1/s1. The Morgan fingerprint density at radius 3 is 2.50 bits per heavy atom. The molecule has 1 aromatic carbocycles. The molecule has 4 rings (SSSR count). The van der Waals surface area contributed by atoms with Crippen molar-refractivity contribution in [1.29, 1.82) is 0 Å². The minimum Gasteiger partial charge on any atom is -0.342 e. The molecule has 2 aliphatic heterocycles. The second-order valence-electron chi connectivity index (χ2n) is 9.04. The lowest BCUT2D eigenvalue weighted by molar-refractivity contribution is -0.128. The summed E-state index contributed by atoms with van der Waals surface area (Å²) in [4.78, 5) is 16.8. The molecule has 1 atom stereocenters. The fourth-order valence-corrected chi connectivity index (χ4v) is 5.58. The Kier molecular flexibility index (Phi) is 5.35. The molecule has 26 heavy (non-hydrogen) atoms. The third kappa shape index (κ3) is 3.83. The maximum Gasteiger partial charge on any atom is 0.222 e. The van der Waals surface area contributed by atoms with E-state index in [0.29, 0.717) is 17.2 Å². The molecule has 0 bridgehead atoms. The first-order valence-corrected chi connectivity index (χ1v) is 10.7. The van der Waals surface area contributed by atoms with E-state index in [0.717, 1.165) is 25.9 Å². The Morgan fingerprint density at radius 1 is 1.04 bits per heavy atom. The zero-order valence-electron chi connectivity index (χ0n) is 16.4. The average Bonchev–Trinajstić information content (AvgIpc) is 3.26. The summed E-state index contributed by atoms with van der Waals surface area (Å²) < 4.78 is 0. The number of carbonyl (C=O) groups excluding carboxylic acids is 1. The van der Waals surface area contributed by atoms with Crippen LogP contribution in [0.25, 0.3) is 0 Å². The van der Waals surface area contributed by atoms with Crippen LogP contribution in [-0.4, -0.2) is 48.4 Å². The molecule has 3 nitrogen and oxygen atoms in total. The lowest BCUT2D eigenvalue weighted by atomic mass is 9.77. The summed E-state index contributed by atoms with van der Waals surface area (Å²) in [5, 5.41) is 0. The first kappa shape index (κ1) is 18.0. The molecule has 0 spiro atoms. The monoisotopic (exact) mass is 354 g/mol. The Labute approximate surface area is 158 Å². The van der Waals surface area contributed by atoms with Crippen LogP contribution in [0.5, 0.6) is 0 Å². The molecule has 2 saturated heterocycles. The molecular weight excluding hydrogens is 320 g/mol. The van der Waals surface area contributed by atoms with Gasteiger partial charge < -0.3 is 9.80 Å². The number of piperidine rings is 1. The highest BCUT2D eigenvalue weighted by molar-refractivity contribution is 5.78. The third-order valence-electron chi connectivity index (χ3n) is 7.00. The predicted octanol–water partition coefficient (Wildman–Crippen LogP) is 4.14. The van der Waals surface area contributed by atoms with Crippen LogP contribution in [0, 0.1) is 12.8 Å². The van der Waals surface area contributed by atoms with Gasteiger partial charge >= 0.3 is 0 Å². The number of carbonyl (C=O) groups is 1. The molecule has 3 heteroatoms. The zero-order valence-corrected chi connectivity index (χ0v) is 16.4. The number of hydrogen-bond acceptors (Lipinski definition) is 2. The van der Waals surface area contributed by atoms with E-state index in [2.05, 4.69) is 41.0 Å². The molecule has 142 valence electrons. The van der Waals surface area contributed by atoms with E-state index in [1.807, 2.05) is 0 Å². The van der Waals surface area contributed by atoms with E-state index < -0.39 is 0 Å². The Balaban J connectivity index is 1.42. The smallest absolute Gasteiger partial charge is 0.222 e. The van der Waals surface area contributed by atoms with Crippen molar-refractivity contribution >= 4 is 5.91 Å². The van der Waals surface area contributed by atoms with Gasteiger partial charge in [0.15, 0.2) is 0 Å². The van der Waals surface area contributed by atoms with E-state index in [1.54, 1.807) is 5.56 Å². The van der Waals surface area contributed by atoms with E-state index in [9.17, 15) is 4.79 Å². The number of benzene rings is 1. The van der Waals surface area contributed by atoms with Crippen molar-refractivity contribution < 1.29 is 4.79 Å². The summed E-state index contributed by atoms with van der Waals surface area (Å²) >= 11 is 0. The molecule has 1 amide bonds. The van der Waals surface area contributed by atoms with Gasteiger partial charge in [-0.05, 0) is 57.1 Å². The van der Waals surface area contributed by atoms with E-state index in [1.165, 1.54) is 63.7 Å². The lowest BCUT2D eigenvalue weighted by Crippen LogP contribution is -2.46. The van der Waals surface area contributed by atoms with Gasteiger partial charge in [-0.2, -0.15) is 0 Å². The van der Waals surface area contributed by atoms with Crippen LogP contribution in [-0.2, 0) is 10.2 Å². The highest BCUT2D eigenvalue weighted by Gasteiger charge is 2.38. The molecule has 1 saturated carbocycles. The van der Waals surface area contributed by atoms with Crippen LogP contribution >= 0.6 is 0 Å². The average molecular weight is 355 g/mol. The second-order valence-corrected chi connectivity index (χ2v) is 9.04. The van der Waals surface area contributed by atoms with Crippen molar-refractivity contribution in [2.75, 3.05) is 32.7 Å². The number of likely N-dealkylation sites (tertiary alicyclic amines) is 2. The molecule has 1 aliphatic carbocycles. The van der Waals surface area contributed by atoms with Crippen molar-refractivity contribution in [2.24, 2.45) is 5.92 Å². The van der Waals surface area contributed by atoms with Gasteiger partial charge in [0.25, 0.3) is 0 Å². The third-order valence-corrected chi connectivity index (χ3v) is 7.00. The van der Waals surface area contributed by atoms with Crippen molar-refractivity contribution in [3.05, 3.63) is 35.4 Å². The van der Waals surface area contributed by atoms with Crippen LogP contribution in [0.15, 0.2) is 24.3 Å². The number of amides is 1. The van der Waals surface area contributed by atoms with Gasteiger partial charge in [0.05, 0.1) is 0 Å². The summed E-state index contributed by atoms with van der Waals surface area (Å²) in [7, 11) is 0. The van der Waals surface area contributed by atoms with E-state index in [4.69, 9.17) is 0 Å². The Morgan fingerprint density at radius 2 is 1.81 bits per heavy atom. The summed E-state index contributed by atoms with van der Waals surface area (Å²) in [6.07, 6.45) is 9.82. The lowest BCUT2D eigenvalue weighted by Gasteiger charge is -2.41. The maximum absolute atomic E-state index is 12.0. The van der Waals surface area contributed by atoms with Crippen LogP contribution in [0.3, 0.4) is 0 Å². The molecule has 0 radical (unpaired) electrons. The van der Waals surface area contributed by atoms with Crippen molar-refractivity contribution in [3.63, 3.8) is 0 Å². The molecule has 0 unspecified atom stereocenters. The molecule has 1 aromatic rings. The van der Waals surface area contributed by atoms with Crippen LogP contribution in [0.4, 0.5) is 0 Å². The highest BCUT2D eigenvalue weighted by atomic mass is 16.2. The quantitative estimate of drug-likeness (QED) is 0.793. The summed E-state index contributed by atoms with van der Waals surface area (Å²) in [5.74, 6) is 1.05.